The topological polar surface area (TPSA) is 83.5 Å². The summed E-state index contributed by atoms with van der Waals surface area (Å²) in [6.45, 7) is 5.72. The summed E-state index contributed by atoms with van der Waals surface area (Å²) < 4.78 is 7.39. The lowest BCUT2D eigenvalue weighted by molar-refractivity contribution is -0.134. The quantitative estimate of drug-likeness (QED) is 0.720. The van der Waals surface area contributed by atoms with Crippen LogP contribution in [0.2, 0.25) is 0 Å². The molecule has 4 heterocycles. The molecule has 0 aliphatic carbocycles. The third kappa shape index (κ3) is 3.37. The summed E-state index contributed by atoms with van der Waals surface area (Å²) in [7, 11) is 0. The maximum Gasteiger partial charge on any atom is 0.270 e. The molecular weight excluding hydrogens is 382 g/mol. The van der Waals surface area contributed by atoms with E-state index >= 15 is 0 Å². The number of hydrogen-bond donors (Lipinski definition) is 1. The highest BCUT2D eigenvalue weighted by Gasteiger charge is 2.31. The molecule has 3 aromatic rings. The molecule has 1 aromatic carbocycles. The van der Waals surface area contributed by atoms with Crippen molar-refractivity contribution in [2.75, 3.05) is 32.8 Å². The van der Waals surface area contributed by atoms with E-state index in [1.54, 1.807) is 0 Å². The number of amides is 2. The molecule has 0 bridgehead atoms. The van der Waals surface area contributed by atoms with Crippen LogP contribution in [0.15, 0.2) is 36.5 Å². The summed E-state index contributed by atoms with van der Waals surface area (Å²) in [5.41, 5.74) is 2.30. The lowest BCUT2D eigenvalue weighted by Gasteiger charge is -2.33. The molecule has 1 unspecified atom stereocenters. The third-order valence-electron chi connectivity index (χ3n) is 6.00. The minimum absolute atomic E-state index is 0.0288. The second-order valence-corrected chi connectivity index (χ2v) is 7.90. The molecule has 2 aliphatic rings. The molecular formula is C22H25N5O3. The summed E-state index contributed by atoms with van der Waals surface area (Å²) in [5, 5.41) is 1.02. The number of ether oxygens (including phenoxy) is 1. The Labute approximate surface area is 174 Å². The minimum atomic E-state index is -0.162. The van der Waals surface area contributed by atoms with Crippen molar-refractivity contribution in [2.45, 2.75) is 25.9 Å². The van der Waals surface area contributed by atoms with Crippen molar-refractivity contribution in [3.05, 3.63) is 53.7 Å². The molecule has 0 saturated carbocycles. The van der Waals surface area contributed by atoms with Gasteiger partial charge in [0, 0.05) is 43.3 Å². The number of hydrogen-bond acceptors (Lipinski definition) is 4. The fraction of sp³-hybridized carbons (Fsp3) is 0.409. The van der Waals surface area contributed by atoms with E-state index in [1.165, 1.54) is 0 Å². The molecule has 0 radical (unpaired) electrons. The van der Waals surface area contributed by atoms with Gasteiger partial charge in [-0.3, -0.25) is 9.59 Å². The Morgan fingerprint density at radius 1 is 1.17 bits per heavy atom. The van der Waals surface area contributed by atoms with Crippen LogP contribution in [0.1, 0.15) is 35.0 Å². The lowest BCUT2D eigenvalue weighted by Crippen LogP contribution is -2.41. The van der Waals surface area contributed by atoms with Gasteiger partial charge in [0.05, 0.1) is 31.4 Å². The van der Waals surface area contributed by atoms with Crippen LogP contribution in [0.3, 0.4) is 0 Å². The van der Waals surface area contributed by atoms with Gasteiger partial charge in [0.1, 0.15) is 11.5 Å². The van der Waals surface area contributed by atoms with Gasteiger partial charge in [-0.25, -0.2) is 4.98 Å². The van der Waals surface area contributed by atoms with Gasteiger partial charge >= 0.3 is 0 Å². The van der Waals surface area contributed by atoms with Crippen LogP contribution in [0, 0.1) is 0 Å². The SMILES string of the molecule is CC1c2nc(CC(=O)N3CCOCC3)cn2CCN1C(=O)c1cc2ccccc2[nH]1. The van der Waals surface area contributed by atoms with E-state index in [2.05, 4.69) is 9.55 Å². The van der Waals surface area contributed by atoms with E-state index in [4.69, 9.17) is 9.72 Å². The zero-order valence-electron chi connectivity index (χ0n) is 17.0. The van der Waals surface area contributed by atoms with Crippen molar-refractivity contribution >= 4 is 22.7 Å². The number of para-hydroxylation sites is 1. The fourth-order valence-corrected chi connectivity index (χ4v) is 4.33. The Balaban J connectivity index is 1.32. The first-order valence-corrected chi connectivity index (χ1v) is 10.4. The predicted octanol–water partition coefficient (Wildman–Crippen LogP) is 1.98. The van der Waals surface area contributed by atoms with E-state index in [0.717, 1.165) is 22.4 Å². The molecule has 8 nitrogen and oxygen atoms in total. The number of fused-ring (bicyclic) bond motifs is 2. The van der Waals surface area contributed by atoms with Crippen LogP contribution < -0.4 is 0 Å². The molecule has 2 aromatic heterocycles. The minimum Gasteiger partial charge on any atom is -0.378 e. The smallest absolute Gasteiger partial charge is 0.270 e. The summed E-state index contributed by atoms with van der Waals surface area (Å²) in [5.74, 6) is 0.877. The highest BCUT2D eigenvalue weighted by molar-refractivity contribution is 5.98. The van der Waals surface area contributed by atoms with Gasteiger partial charge in [-0.2, -0.15) is 0 Å². The average Bonchev–Trinajstić information content (AvgIpc) is 3.38. The van der Waals surface area contributed by atoms with E-state index in [-0.39, 0.29) is 24.3 Å². The molecule has 2 amide bonds. The zero-order valence-corrected chi connectivity index (χ0v) is 17.0. The Hall–Kier alpha value is -3.13. The Kier molecular flexibility index (Phi) is 4.78. The zero-order chi connectivity index (χ0) is 20.7. The monoisotopic (exact) mass is 407 g/mol. The molecule has 8 heteroatoms. The summed E-state index contributed by atoms with van der Waals surface area (Å²) >= 11 is 0. The molecule has 1 atom stereocenters. The highest BCUT2D eigenvalue weighted by Crippen LogP contribution is 2.27. The van der Waals surface area contributed by atoms with Crippen molar-refractivity contribution in [2.24, 2.45) is 0 Å². The molecule has 0 spiro atoms. The van der Waals surface area contributed by atoms with Crippen LogP contribution in [0.25, 0.3) is 10.9 Å². The summed E-state index contributed by atoms with van der Waals surface area (Å²) in [6.07, 6.45) is 2.23. The largest absolute Gasteiger partial charge is 0.378 e. The number of aromatic amines is 1. The van der Waals surface area contributed by atoms with E-state index in [0.29, 0.717) is 45.1 Å². The third-order valence-corrected chi connectivity index (χ3v) is 6.00. The number of H-pyrrole nitrogens is 1. The van der Waals surface area contributed by atoms with Gasteiger partial charge in [-0.05, 0) is 19.1 Å². The second-order valence-electron chi connectivity index (χ2n) is 7.90. The van der Waals surface area contributed by atoms with Crippen molar-refractivity contribution < 1.29 is 14.3 Å². The number of imidazole rings is 1. The maximum absolute atomic E-state index is 13.2. The molecule has 1 saturated heterocycles. The molecule has 156 valence electrons. The predicted molar refractivity (Wildman–Crippen MR) is 111 cm³/mol. The number of benzene rings is 1. The second kappa shape index (κ2) is 7.60. The fourth-order valence-electron chi connectivity index (χ4n) is 4.33. The van der Waals surface area contributed by atoms with Gasteiger partial charge in [0.15, 0.2) is 0 Å². The van der Waals surface area contributed by atoms with Gasteiger partial charge in [0.25, 0.3) is 5.91 Å². The molecule has 1 N–H and O–H groups in total. The first kappa shape index (κ1) is 18.9. The Morgan fingerprint density at radius 3 is 2.77 bits per heavy atom. The van der Waals surface area contributed by atoms with E-state index < -0.39 is 0 Å². The van der Waals surface area contributed by atoms with Crippen molar-refractivity contribution in [3.8, 4) is 0 Å². The maximum atomic E-state index is 13.2. The molecule has 2 aliphatic heterocycles. The van der Waals surface area contributed by atoms with Crippen LogP contribution in [-0.4, -0.2) is 69.0 Å². The average molecular weight is 407 g/mol. The Bertz CT molecular complexity index is 1060. The van der Waals surface area contributed by atoms with Gasteiger partial charge in [0.2, 0.25) is 5.91 Å². The summed E-state index contributed by atoms with van der Waals surface area (Å²) in [6, 6.07) is 9.61. The van der Waals surface area contributed by atoms with Crippen molar-refractivity contribution in [3.63, 3.8) is 0 Å². The first-order chi connectivity index (χ1) is 14.6. The van der Waals surface area contributed by atoms with Gasteiger partial charge in [-0.15, -0.1) is 0 Å². The standard InChI is InChI=1S/C22H25N5O3/c1-15-21-23-17(13-20(28)25-8-10-30-11-9-25)14-26(21)6-7-27(15)22(29)19-12-16-4-2-3-5-18(16)24-19/h2-5,12,14-15,24H,6-11,13H2,1H3. The number of nitrogens with one attached hydrogen (secondary N) is 1. The number of carbonyl (C=O) groups excluding carboxylic acids is 2. The van der Waals surface area contributed by atoms with Gasteiger partial charge < -0.3 is 24.1 Å². The Morgan fingerprint density at radius 2 is 1.97 bits per heavy atom. The van der Waals surface area contributed by atoms with Crippen molar-refractivity contribution in [1.29, 1.82) is 0 Å². The lowest BCUT2D eigenvalue weighted by atomic mass is 10.2. The van der Waals surface area contributed by atoms with E-state index in [1.807, 2.05) is 53.3 Å². The van der Waals surface area contributed by atoms with Crippen LogP contribution >= 0.6 is 0 Å². The van der Waals surface area contributed by atoms with Crippen molar-refractivity contribution in [1.82, 2.24) is 24.3 Å². The number of morpholine rings is 1. The molecule has 1 fully saturated rings. The van der Waals surface area contributed by atoms with Crippen LogP contribution in [-0.2, 0) is 22.5 Å². The first-order valence-electron chi connectivity index (χ1n) is 10.4. The molecule has 5 rings (SSSR count). The molecule has 30 heavy (non-hydrogen) atoms. The highest BCUT2D eigenvalue weighted by atomic mass is 16.5. The summed E-state index contributed by atoms with van der Waals surface area (Å²) in [4.78, 5) is 37.3. The normalized spacial score (nSPS) is 19.2. The van der Waals surface area contributed by atoms with Crippen LogP contribution in [0.5, 0.6) is 0 Å². The van der Waals surface area contributed by atoms with Crippen LogP contribution in [0.4, 0.5) is 0 Å². The van der Waals surface area contributed by atoms with E-state index in [9.17, 15) is 9.59 Å². The van der Waals surface area contributed by atoms with Gasteiger partial charge in [-0.1, -0.05) is 18.2 Å². The number of carbonyl (C=O) groups is 2. The number of nitrogens with zero attached hydrogens (tertiary/aromatic N) is 4. The number of aromatic nitrogens is 3. The number of rotatable bonds is 3.